The zero-order valence-corrected chi connectivity index (χ0v) is 19.5. The Kier molecular flexibility index (Phi) is 3.72. The Balaban J connectivity index is 1.18. The molecule has 0 aliphatic heterocycles. The van der Waals surface area contributed by atoms with Crippen LogP contribution in [0.25, 0.3) is 11.1 Å². The molecule has 4 aliphatic rings. The molecule has 3 saturated carbocycles. The van der Waals surface area contributed by atoms with E-state index in [0.717, 1.165) is 23.7 Å². The Morgan fingerprint density at radius 3 is 2.12 bits per heavy atom. The minimum absolute atomic E-state index is 0.00494. The lowest BCUT2D eigenvalue weighted by molar-refractivity contribution is -0.141. The van der Waals surface area contributed by atoms with Crippen molar-refractivity contribution in [2.75, 3.05) is 5.32 Å². The molecule has 1 N–H and O–H groups in total. The fraction of sp³-hybridized carbons (Fsp3) is 0.419. The Labute approximate surface area is 192 Å². The van der Waals surface area contributed by atoms with E-state index in [1.165, 1.54) is 59.3 Å². The van der Waals surface area contributed by atoms with E-state index in [1.807, 2.05) is 0 Å². The van der Waals surface area contributed by atoms with E-state index in [9.17, 15) is 0 Å². The second-order valence-electron chi connectivity index (χ2n) is 11.9. The summed E-state index contributed by atoms with van der Waals surface area (Å²) in [5.41, 5.74) is 9.94. The van der Waals surface area contributed by atoms with Gasteiger partial charge >= 0.3 is 0 Å². The summed E-state index contributed by atoms with van der Waals surface area (Å²) in [6.45, 7) is 7.24. The van der Waals surface area contributed by atoms with Gasteiger partial charge in [-0.3, -0.25) is 0 Å². The molecular formula is C31H33N. The van der Waals surface area contributed by atoms with Crippen LogP contribution >= 0.6 is 0 Å². The lowest BCUT2D eigenvalue weighted by Gasteiger charge is -2.65. The van der Waals surface area contributed by atoms with Crippen LogP contribution in [0.3, 0.4) is 0 Å². The van der Waals surface area contributed by atoms with Crippen molar-refractivity contribution in [3.63, 3.8) is 0 Å². The molecule has 32 heavy (non-hydrogen) atoms. The first-order chi connectivity index (χ1) is 15.4. The van der Waals surface area contributed by atoms with Crippen LogP contribution in [0.2, 0.25) is 0 Å². The lowest BCUT2D eigenvalue weighted by atomic mass is 9.39. The third kappa shape index (κ3) is 2.46. The van der Waals surface area contributed by atoms with Gasteiger partial charge in [-0.2, -0.15) is 0 Å². The number of benzene rings is 3. The molecule has 0 heterocycles. The van der Waals surface area contributed by atoms with Gasteiger partial charge in [-0.05, 0) is 101 Å². The molecule has 0 amide bonds. The Bertz CT molecular complexity index is 1200. The predicted octanol–water partition coefficient (Wildman–Crippen LogP) is 8.06. The van der Waals surface area contributed by atoms with E-state index in [-0.39, 0.29) is 5.41 Å². The number of hydrogen-bond donors (Lipinski definition) is 1. The van der Waals surface area contributed by atoms with E-state index >= 15 is 0 Å². The molecule has 0 radical (unpaired) electrons. The number of rotatable bonds is 3. The molecule has 3 aromatic rings. The van der Waals surface area contributed by atoms with Gasteiger partial charge in [0.25, 0.3) is 0 Å². The maximum atomic E-state index is 3.78. The molecule has 0 bridgehead atoms. The summed E-state index contributed by atoms with van der Waals surface area (Å²) in [5.74, 6) is 4.21. The van der Waals surface area contributed by atoms with Gasteiger partial charge in [0.15, 0.2) is 0 Å². The fourth-order valence-corrected chi connectivity index (χ4v) is 8.24. The maximum absolute atomic E-state index is 3.78. The van der Waals surface area contributed by atoms with Crippen molar-refractivity contribution in [3.8, 4) is 11.1 Å². The van der Waals surface area contributed by atoms with E-state index < -0.39 is 0 Å². The highest BCUT2D eigenvalue weighted by molar-refractivity contribution is 5.87. The van der Waals surface area contributed by atoms with Gasteiger partial charge in [-0.1, -0.05) is 69.3 Å². The van der Waals surface area contributed by atoms with Crippen molar-refractivity contribution in [3.05, 3.63) is 83.4 Å². The topological polar surface area (TPSA) is 12.0 Å². The van der Waals surface area contributed by atoms with Crippen molar-refractivity contribution in [1.82, 2.24) is 0 Å². The van der Waals surface area contributed by atoms with Crippen molar-refractivity contribution in [2.45, 2.75) is 57.3 Å². The summed E-state index contributed by atoms with van der Waals surface area (Å²) in [6.07, 6.45) is 5.81. The third-order valence-corrected chi connectivity index (χ3v) is 9.71. The summed E-state index contributed by atoms with van der Waals surface area (Å²) < 4.78 is 0. The van der Waals surface area contributed by atoms with Crippen LogP contribution < -0.4 is 5.32 Å². The molecule has 2 unspecified atom stereocenters. The normalized spacial score (nSPS) is 32.7. The lowest BCUT2D eigenvalue weighted by Crippen LogP contribution is -2.58. The summed E-state index contributed by atoms with van der Waals surface area (Å²) in [5, 5.41) is 3.78. The maximum Gasteiger partial charge on any atom is 0.0431 e. The fourth-order valence-electron chi connectivity index (χ4n) is 8.24. The first-order valence-electron chi connectivity index (χ1n) is 12.5. The van der Waals surface area contributed by atoms with Crippen LogP contribution in [-0.4, -0.2) is 0 Å². The highest BCUT2D eigenvalue weighted by atomic mass is 14.9. The Hall–Kier alpha value is -2.54. The minimum Gasteiger partial charge on any atom is -0.355 e. The number of anilines is 2. The molecular weight excluding hydrogens is 386 g/mol. The van der Waals surface area contributed by atoms with Crippen LogP contribution in [0.4, 0.5) is 11.4 Å². The largest absolute Gasteiger partial charge is 0.355 e. The summed E-state index contributed by atoms with van der Waals surface area (Å²) in [7, 11) is 0. The first kappa shape index (κ1) is 19.0. The average molecular weight is 420 g/mol. The quantitative estimate of drug-likeness (QED) is 0.453. The molecule has 0 spiro atoms. The second-order valence-corrected chi connectivity index (χ2v) is 11.9. The Morgan fingerprint density at radius 2 is 1.41 bits per heavy atom. The van der Waals surface area contributed by atoms with E-state index in [2.05, 4.69) is 92.8 Å². The van der Waals surface area contributed by atoms with Gasteiger partial charge in [-0.25, -0.2) is 0 Å². The molecule has 3 aromatic carbocycles. The zero-order chi connectivity index (χ0) is 21.7. The number of hydrogen-bond acceptors (Lipinski definition) is 1. The highest BCUT2D eigenvalue weighted by Crippen LogP contribution is 2.67. The number of fused-ring (bicyclic) bond motifs is 3. The molecule has 2 atom stereocenters. The summed E-state index contributed by atoms with van der Waals surface area (Å²) >= 11 is 0. The van der Waals surface area contributed by atoms with Crippen LogP contribution in [0.5, 0.6) is 0 Å². The molecule has 3 fully saturated rings. The number of nitrogens with one attached hydrogen (secondary N) is 1. The first-order valence-corrected chi connectivity index (χ1v) is 12.5. The Morgan fingerprint density at radius 1 is 0.719 bits per heavy atom. The molecule has 0 aromatic heterocycles. The van der Waals surface area contributed by atoms with Crippen molar-refractivity contribution >= 4 is 11.4 Å². The van der Waals surface area contributed by atoms with Gasteiger partial charge < -0.3 is 5.32 Å². The highest BCUT2D eigenvalue weighted by Gasteiger charge is 2.59. The van der Waals surface area contributed by atoms with Crippen LogP contribution in [0.15, 0.2) is 66.7 Å². The van der Waals surface area contributed by atoms with E-state index in [4.69, 9.17) is 0 Å². The molecule has 4 aliphatic carbocycles. The molecule has 1 nitrogen and oxygen atoms in total. The molecule has 162 valence electrons. The van der Waals surface area contributed by atoms with Crippen LogP contribution in [0, 0.1) is 23.7 Å². The van der Waals surface area contributed by atoms with Gasteiger partial charge in [0, 0.05) is 16.8 Å². The van der Waals surface area contributed by atoms with Crippen molar-refractivity contribution in [1.29, 1.82) is 0 Å². The van der Waals surface area contributed by atoms with Crippen molar-refractivity contribution < 1.29 is 0 Å². The summed E-state index contributed by atoms with van der Waals surface area (Å²) in [4.78, 5) is 0. The molecule has 7 rings (SSSR count). The van der Waals surface area contributed by atoms with E-state index in [0.29, 0.717) is 5.41 Å². The molecule has 0 saturated heterocycles. The minimum atomic E-state index is 0.00494. The van der Waals surface area contributed by atoms with Gasteiger partial charge in [0.05, 0.1) is 0 Å². The predicted molar refractivity (Wildman–Crippen MR) is 134 cm³/mol. The van der Waals surface area contributed by atoms with Gasteiger partial charge in [-0.15, -0.1) is 0 Å². The monoisotopic (exact) mass is 419 g/mol. The second kappa shape index (κ2) is 6.28. The average Bonchev–Trinajstić information content (AvgIpc) is 2.99. The third-order valence-electron chi connectivity index (χ3n) is 9.71. The summed E-state index contributed by atoms with van der Waals surface area (Å²) in [6, 6.07) is 25.0. The van der Waals surface area contributed by atoms with Crippen LogP contribution in [0.1, 0.15) is 63.1 Å². The zero-order valence-electron chi connectivity index (χ0n) is 19.5. The van der Waals surface area contributed by atoms with E-state index in [1.54, 1.807) is 5.56 Å². The van der Waals surface area contributed by atoms with Gasteiger partial charge in [0.1, 0.15) is 0 Å². The molecule has 1 heteroatoms. The van der Waals surface area contributed by atoms with Crippen molar-refractivity contribution in [2.24, 2.45) is 23.7 Å². The van der Waals surface area contributed by atoms with Gasteiger partial charge in [0.2, 0.25) is 0 Å². The van der Waals surface area contributed by atoms with Crippen LogP contribution in [-0.2, 0) is 10.8 Å². The smallest absolute Gasteiger partial charge is 0.0431 e. The SMILES string of the molecule is CC1(c2ccc(Nc3cccc4c3C(C)(C)c3ccccc3-4)cc2)CC2CC3CC(C1)C32. The standard InChI is InChI=1S/C31H33N/c1-30(2)26-9-5-4-7-24(26)25-8-6-10-27(29(25)30)32-23-13-11-22(12-14-23)31(3)17-20-15-19-16-21(18-31)28(19)20/h4-14,19-21,28,32H,15-18H2,1-3H3.